The number of aryl methyl sites for hydroxylation is 2. The Labute approximate surface area is 156 Å². The van der Waals surface area contributed by atoms with Crippen molar-refractivity contribution < 1.29 is 9.90 Å². The second-order valence-corrected chi connectivity index (χ2v) is 8.06. The summed E-state index contributed by atoms with van der Waals surface area (Å²) in [6.45, 7) is 4.13. The number of carbonyl (C=O) groups is 1. The van der Waals surface area contributed by atoms with Gasteiger partial charge in [-0.3, -0.25) is 0 Å². The number of carboxylic acid groups (broad SMARTS) is 1. The van der Waals surface area contributed by atoms with Crippen molar-refractivity contribution in [2.24, 2.45) is 5.92 Å². The van der Waals surface area contributed by atoms with Crippen molar-refractivity contribution in [3.8, 4) is 0 Å². The standard InChI is InChI=1S/C20H21N3O2S/c1-11-8-9-14-15(10-11)26-19-16(14)18(21-12(2)22-19)23-17(20(24)25)13-6-4-3-5-7-13/h3-7,11,17H,8-10H2,1-2H3,(H,24,25)(H,21,22,23). The molecule has 0 amide bonds. The van der Waals surface area contributed by atoms with Crippen LogP contribution >= 0.6 is 11.3 Å². The number of anilines is 1. The Balaban J connectivity index is 1.81. The minimum Gasteiger partial charge on any atom is -0.479 e. The van der Waals surface area contributed by atoms with Crippen LogP contribution in [0.2, 0.25) is 0 Å². The highest BCUT2D eigenvalue weighted by Crippen LogP contribution is 2.40. The molecule has 0 saturated heterocycles. The summed E-state index contributed by atoms with van der Waals surface area (Å²) in [6, 6.07) is 8.38. The molecule has 0 radical (unpaired) electrons. The van der Waals surface area contributed by atoms with Gasteiger partial charge in [-0.1, -0.05) is 37.3 Å². The Morgan fingerprint density at radius 3 is 2.81 bits per heavy atom. The molecule has 2 atom stereocenters. The highest BCUT2D eigenvalue weighted by molar-refractivity contribution is 7.19. The molecule has 1 aromatic carbocycles. The van der Waals surface area contributed by atoms with Crippen molar-refractivity contribution in [2.45, 2.75) is 39.2 Å². The predicted octanol–water partition coefficient (Wildman–Crippen LogP) is 4.36. The molecule has 26 heavy (non-hydrogen) atoms. The second-order valence-electron chi connectivity index (χ2n) is 6.98. The molecular weight excluding hydrogens is 346 g/mol. The van der Waals surface area contributed by atoms with Gasteiger partial charge in [0, 0.05) is 4.88 Å². The van der Waals surface area contributed by atoms with Gasteiger partial charge in [0.2, 0.25) is 0 Å². The van der Waals surface area contributed by atoms with Crippen LogP contribution in [0, 0.1) is 12.8 Å². The number of benzene rings is 1. The summed E-state index contributed by atoms with van der Waals surface area (Å²) in [4.78, 5) is 23.4. The molecule has 0 aliphatic heterocycles. The third kappa shape index (κ3) is 3.05. The van der Waals surface area contributed by atoms with Crippen molar-refractivity contribution in [3.63, 3.8) is 0 Å². The predicted molar refractivity (Wildman–Crippen MR) is 104 cm³/mol. The smallest absolute Gasteiger partial charge is 0.330 e. The lowest BCUT2D eigenvalue weighted by Gasteiger charge is -2.20. The number of nitrogens with zero attached hydrogens (tertiary/aromatic N) is 2. The first kappa shape index (κ1) is 17.0. The van der Waals surface area contributed by atoms with E-state index in [4.69, 9.17) is 0 Å². The number of aromatic nitrogens is 2. The summed E-state index contributed by atoms with van der Waals surface area (Å²) in [5, 5.41) is 13.9. The van der Waals surface area contributed by atoms with Gasteiger partial charge in [-0.2, -0.15) is 0 Å². The van der Waals surface area contributed by atoms with Gasteiger partial charge in [-0.05, 0) is 43.2 Å². The zero-order valence-corrected chi connectivity index (χ0v) is 15.6. The van der Waals surface area contributed by atoms with Crippen molar-refractivity contribution in [1.29, 1.82) is 0 Å². The SMILES string of the molecule is Cc1nc(NC(C(=O)O)c2ccccc2)c2c3c(sc2n1)CC(C)CC3. The van der Waals surface area contributed by atoms with Gasteiger partial charge in [0.05, 0.1) is 5.39 Å². The van der Waals surface area contributed by atoms with Crippen LogP contribution in [0.1, 0.15) is 41.2 Å². The lowest BCUT2D eigenvalue weighted by atomic mass is 9.89. The zero-order chi connectivity index (χ0) is 18.3. The summed E-state index contributed by atoms with van der Waals surface area (Å²) in [5.74, 6) is 1.05. The number of carboxylic acids is 1. The van der Waals surface area contributed by atoms with Crippen LogP contribution in [0.25, 0.3) is 10.2 Å². The molecule has 0 saturated carbocycles. The topological polar surface area (TPSA) is 75.1 Å². The summed E-state index contributed by atoms with van der Waals surface area (Å²) >= 11 is 1.72. The molecule has 3 aromatic rings. The van der Waals surface area contributed by atoms with Gasteiger partial charge < -0.3 is 10.4 Å². The minimum absolute atomic E-state index is 0.635. The monoisotopic (exact) mass is 367 g/mol. The van der Waals surface area contributed by atoms with E-state index in [1.807, 2.05) is 37.3 Å². The Morgan fingerprint density at radius 1 is 1.31 bits per heavy atom. The molecule has 0 bridgehead atoms. The number of thiophene rings is 1. The Bertz CT molecular complexity index is 968. The van der Waals surface area contributed by atoms with Crippen LogP contribution in [0.5, 0.6) is 0 Å². The van der Waals surface area contributed by atoms with E-state index in [1.54, 1.807) is 11.3 Å². The van der Waals surface area contributed by atoms with Gasteiger partial charge in [0.15, 0.2) is 6.04 Å². The summed E-state index contributed by atoms with van der Waals surface area (Å²) in [6.07, 6.45) is 3.21. The number of hydrogen-bond donors (Lipinski definition) is 2. The molecule has 6 heteroatoms. The number of fused-ring (bicyclic) bond motifs is 3. The third-order valence-electron chi connectivity index (χ3n) is 4.93. The van der Waals surface area contributed by atoms with Crippen LogP contribution in [0.4, 0.5) is 5.82 Å². The lowest BCUT2D eigenvalue weighted by molar-refractivity contribution is -0.138. The molecule has 5 nitrogen and oxygen atoms in total. The number of rotatable bonds is 4. The van der Waals surface area contributed by atoms with Crippen molar-refractivity contribution >= 4 is 33.3 Å². The van der Waals surface area contributed by atoms with Crippen LogP contribution in [0.3, 0.4) is 0 Å². The first-order valence-electron chi connectivity index (χ1n) is 8.86. The molecule has 0 spiro atoms. The fraction of sp³-hybridized carbons (Fsp3) is 0.350. The summed E-state index contributed by atoms with van der Waals surface area (Å²) in [5.41, 5.74) is 2.00. The average Bonchev–Trinajstić information content (AvgIpc) is 2.96. The van der Waals surface area contributed by atoms with E-state index in [1.165, 1.54) is 10.4 Å². The maximum Gasteiger partial charge on any atom is 0.330 e. The highest BCUT2D eigenvalue weighted by Gasteiger charge is 2.26. The van der Waals surface area contributed by atoms with Gasteiger partial charge in [-0.15, -0.1) is 11.3 Å². The van der Waals surface area contributed by atoms with E-state index < -0.39 is 12.0 Å². The molecule has 134 valence electrons. The van der Waals surface area contributed by atoms with E-state index in [9.17, 15) is 9.90 Å². The quantitative estimate of drug-likeness (QED) is 0.716. The van der Waals surface area contributed by atoms with Crippen LogP contribution < -0.4 is 5.32 Å². The van der Waals surface area contributed by atoms with E-state index in [-0.39, 0.29) is 0 Å². The molecule has 2 heterocycles. The van der Waals surface area contributed by atoms with E-state index in [2.05, 4.69) is 22.2 Å². The second kappa shape index (κ2) is 6.68. The molecule has 0 fully saturated rings. The first-order valence-corrected chi connectivity index (χ1v) is 9.67. The van der Waals surface area contributed by atoms with Crippen LogP contribution in [-0.4, -0.2) is 21.0 Å². The molecular formula is C20H21N3O2S. The Hall–Kier alpha value is -2.47. The van der Waals surface area contributed by atoms with Gasteiger partial charge in [0.25, 0.3) is 0 Å². The van der Waals surface area contributed by atoms with Crippen molar-refractivity contribution in [1.82, 2.24) is 9.97 Å². The van der Waals surface area contributed by atoms with Gasteiger partial charge in [0.1, 0.15) is 16.5 Å². The van der Waals surface area contributed by atoms with E-state index >= 15 is 0 Å². The third-order valence-corrected chi connectivity index (χ3v) is 6.08. The van der Waals surface area contributed by atoms with Crippen LogP contribution in [-0.2, 0) is 17.6 Å². The summed E-state index contributed by atoms with van der Waals surface area (Å²) in [7, 11) is 0. The summed E-state index contributed by atoms with van der Waals surface area (Å²) < 4.78 is 0. The van der Waals surface area contributed by atoms with Gasteiger partial charge in [-0.25, -0.2) is 14.8 Å². The van der Waals surface area contributed by atoms with Crippen LogP contribution in [0.15, 0.2) is 30.3 Å². The normalized spacial score (nSPS) is 17.7. The number of hydrogen-bond acceptors (Lipinski definition) is 5. The molecule has 2 unspecified atom stereocenters. The maximum atomic E-state index is 11.9. The first-order chi connectivity index (χ1) is 12.5. The molecule has 1 aliphatic rings. The van der Waals surface area contributed by atoms with Gasteiger partial charge >= 0.3 is 5.97 Å². The lowest BCUT2D eigenvalue weighted by Crippen LogP contribution is -2.21. The maximum absolute atomic E-state index is 11.9. The van der Waals surface area contributed by atoms with Crippen molar-refractivity contribution in [3.05, 3.63) is 52.2 Å². The molecule has 4 rings (SSSR count). The number of aliphatic carboxylic acids is 1. The highest BCUT2D eigenvalue weighted by atomic mass is 32.1. The van der Waals surface area contributed by atoms with Crippen molar-refractivity contribution in [2.75, 3.05) is 5.32 Å². The molecule has 1 aliphatic carbocycles. The molecule has 2 aromatic heterocycles. The average molecular weight is 367 g/mol. The largest absolute Gasteiger partial charge is 0.479 e. The fourth-order valence-corrected chi connectivity index (χ4v) is 5.05. The Morgan fingerprint density at radius 2 is 2.08 bits per heavy atom. The fourth-order valence-electron chi connectivity index (χ4n) is 3.62. The zero-order valence-electron chi connectivity index (χ0n) is 14.8. The van der Waals surface area contributed by atoms with E-state index in [0.717, 1.165) is 29.5 Å². The Kier molecular flexibility index (Phi) is 4.36. The van der Waals surface area contributed by atoms with E-state index in [0.29, 0.717) is 23.1 Å². The molecule has 2 N–H and O–H groups in total. The number of nitrogens with one attached hydrogen (secondary N) is 1. The minimum atomic E-state index is -0.918.